The number of rotatable bonds is 5. The second kappa shape index (κ2) is 9.34. The zero-order chi connectivity index (χ0) is 17.7. The summed E-state index contributed by atoms with van der Waals surface area (Å²) in [6.45, 7) is 2.70. The van der Waals surface area contributed by atoms with Crippen LogP contribution in [-0.4, -0.2) is 44.6 Å². The van der Waals surface area contributed by atoms with Gasteiger partial charge in [-0.15, -0.1) is 17.2 Å². The summed E-state index contributed by atoms with van der Waals surface area (Å²) in [4.78, 5) is 8.82. The highest BCUT2D eigenvalue weighted by Gasteiger charge is 2.20. The van der Waals surface area contributed by atoms with Gasteiger partial charge in [-0.05, 0) is 35.9 Å². The quantitative estimate of drug-likeness (QED) is 0.814. The molecular formula is C17H20Cl2N4O2S. The first kappa shape index (κ1) is 20.7. The molecule has 0 radical (unpaired) electrons. The van der Waals surface area contributed by atoms with Crippen molar-refractivity contribution in [3.63, 3.8) is 0 Å². The number of piperazine rings is 1. The number of halogens is 2. The van der Waals surface area contributed by atoms with Gasteiger partial charge >= 0.3 is 0 Å². The molecule has 0 spiro atoms. The zero-order valence-corrected chi connectivity index (χ0v) is 16.3. The highest BCUT2D eigenvalue weighted by Crippen LogP contribution is 2.14. The van der Waals surface area contributed by atoms with Gasteiger partial charge in [0.15, 0.2) is 0 Å². The maximum absolute atomic E-state index is 12.2. The Kier molecular flexibility index (Phi) is 7.43. The van der Waals surface area contributed by atoms with E-state index in [4.69, 9.17) is 11.6 Å². The number of hydrazine groups is 1. The third-order valence-corrected chi connectivity index (χ3v) is 5.13. The second-order valence-electron chi connectivity index (χ2n) is 5.67. The van der Waals surface area contributed by atoms with E-state index in [1.807, 2.05) is 12.1 Å². The molecule has 0 amide bonds. The standard InChI is InChI=1S/C17H19ClN4O2S.ClH/c18-16-3-1-15(2-4-16)7-14-25(23,24)20-22-12-10-21(11-13-22)17-5-8-19-9-6-17;/h1-9,14,20H,10-13H2;1H/b14-7+;. The van der Waals surface area contributed by atoms with Crippen molar-refractivity contribution in [3.8, 4) is 0 Å². The summed E-state index contributed by atoms with van der Waals surface area (Å²) in [6, 6.07) is 10.9. The number of hydrogen-bond acceptors (Lipinski definition) is 5. The average Bonchev–Trinajstić information content (AvgIpc) is 2.62. The number of nitrogens with zero attached hydrogens (tertiary/aromatic N) is 3. The number of hydrogen-bond donors (Lipinski definition) is 1. The van der Waals surface area contributed by atoms with E-state index in [-0.39, 0.29) is 12.4 Å². The number of sulfonamides is 1. The van der Waals surface area contributed by atoms with E-state index in [1.165, 1.54) is 5.41 Å². The van der Waals surface area contributed by atoms with E-state index >= 15 is 0 Å². The van der Waals surface area contributed by atoms with Crippen LogP contribution in [-0.2, 0) is 10.0 Å². The molecule has 1 aromatic heterocycles. The molecule has 6 nitrogen and oxygen atoms in total. The Bertz CT molecular complexity index is 822. The zero-order valence-electron chi connectivity index (χ0n) is 14.0. The molecule has 0 aliphatic carbocycles. The first-order chi connectivity index (χ1) is 12.0. The summed E-state index contributed by atoms with van der Waals surface area (Å²) in [5.41, 5.74) is 1.87. The van der Waals surface area contributed by atoms with Crippen molar-refractivity contribution < 1.29 is 8.42 Å². The van der Waals surface area contributed by atoms with Gasteiger partial charge in [0.25, 0.3) is 0 Å². The van der Waals surface area contributed by atoms with Gasteiger partial charge in [-0.25, -0.2) is 13.4 Å². The van der Waals surface area contributed by atoms with E-state index in [1.54, 1.807) is 47.7 Å². The lowest BCUT2D eigenvalue weighted by molar-refractivity contribution is 0.227. The molecule has 1 saturated heterocycles. The van der Waals surface area contributed by atoms with Gasteiger partial charge < -0.3 is 4.90 Å². The van der Waals surface area contributed by atoms with Crippen LogP contribution >= 0.6 is 24.0 Å². The molecule has 1 aromatic carbocycles. The van der Waals surface area contributed by atoms with Crippen LogP contribution in [0.5, 0.6) is 0 Å². The van der Waals surface area contributed by atoms with Gasteiger partial charge in [-0.1, -0.05) is 23.7 Å². The number of pyridine rings is 1. The van der Waals surface area contributed by atoms with Gasteiger partial charge in [0.1, 0.15) is 0 Å². The Morgan fingerprint density at radius 2 is 1.62 bits per heavy atom. The molecule has 1 aliphatic heterocycles. The minimum absolute atomic E-state index is 0. The maximum atomic E-state index is 12.2. The Hall–Kier alpha value is -1.64. The SMILES string of the molecule is Cl.O=S(=O)(/C=C/c1ccc(Cl)cc1)NN1CCN(c2ccncc2)CC1. The molecule has 2 aromatic rings. The highest BCUT2D eigenvalue weighted by molar-refractivity contribution is 7.92. The minimum atomic E-state index is -3.54. The highest BCUT2D eigenvalue weighted by atomic mass is 35.5. The van der Waals surface area contributed by atoms with Crippen LogP contribution in [0.1, 0.15) is 5.56 Å². The fourth-order valence-electron chi connectivity index (χ4n) is 2.56. The van der Waals surface area contributed by atoms with Crippen molar-refractivity contribution in [1.82, 2.24) is 14.8 Å². The Morgan fingerprint density at radius 1 is 1.00 bits per heavy atom. The summed E-state index contributed by atoms with van der Waals surface area (Å²) in [5.74, 6) is 0. The van der Waals surface area contributed by atoms with Crippen LogP contribution in [0.4, 0.5) is 5.69 Å². The van der Waals surface area contributed by atoms with E-state index in [0.717, 1.165) is 24.3 Å². The molecule has 0 bridgehead atoms. The molecule has 1 aliphatic rings. The summed E-state index contributed by atoms with van der Waals surface area (Å²) >= 11 is 5.82. The van der Waals surface area contributed by atoms with Crippen molar-refractivity contribution in [1.29, 1.82) is 0 Å². The van der Waals surface area contributed by atoms with E-state index in [2.05, 4.69) is 14.7 Å². The fourth-order valence-corrected chi connectivity index (χ4v) is 3.63. The Labute approximate surface area is 164 Å². The van der Waals surface area contributed by atoms with Crippen molar-refractivity contribution in [3.05, 3.63) is 64.8 Å². The summed E-state index contributed by atoms with van der Waals surface area (Å²) < 4.78 is 24.4. The van der Waals surface area contributed by atoms with Gasteiger partial charge in [0, 0.05) is 54.7 Å². The van der Waals surface area contributed by atoms with Crippen molar-refractivity contribution in [2.24, 2.45) is 0 Å². The number of anilines is 1. The minimum Gasteiger partial charge on any atom is -0.369 e. The molecule has 0 saturated carbocycles. The van der Waals surface area contributed by atoms with Crippen LogP contribution in [0.25, 0.3) is 6.08 Å². The van der Waals surface area contributed by atoms with Crippen LogP contribution in [0, 0.1) is 0 Å². The normalized spacial score (nSPS) is 15.8. The molecule has 1 fully saturated rings. The Balaban J connectivity index is 0.00000243. The van der Waals surface area contributed by atoms with Gasteiger partial charge in [0.2, 0.25) is 10.0 Å². The van der Waals surface area contributed by atoms with Crippen molar-refractivity contribution in [2.45, 2.75) is 0 Å². The molecular weight excluding hydrogens is 395 g/mol. The smallest absolute Gasteiger partial charge is 0.246 e. The topological polar surface area (TPSA) is 65.5 Å². The average molecular weight is 415 g/mol. The molecule has 140 valence electrons. The molecule has 3 rings (SSSR count). The van der Waals surface area contributed by atoms with E-state index in [0.29, 0.717) is 18.1 Å². The third kappa shape index (κ3) is 5.96. The lowest BCUT2D eigenvalue weighted by atomic mass is 10.2. The molecule has 26 heavy (non-hydrogen) atoms. The second-order valence-corrected chi connectivity index (χ2v) is 7.65. The van der Waals surface area contributed by atoms with E-state index in [9.17, 15) is 8.42 Å². The van der Waals surface area contributed by atoms with Crippen molar-refractivity contribution >= 4 is 45.8 Å². The predicted octanol–water partition coefficient (Wildman–Crippen LogP) is 2.78. The summed E-state index contributed by atoms with van der Waals surface area (Å²) in [5, 5.41) is 3.51. The predicted molar refractivity (Wildman–Crippen MR) is 108 cm³/mol. The van der Waals surface area contributed by atoms with Gasteiger partial charge in [-0.2, -0.15) is 0 Å². The first-order valence-corrected chi connectivity index (χ1v) is 9.80. The lowest BCUT2D eigenvalue weighted by Crippen LogP contribution is -2.53. The van der Waals surface area contributed by atoms with Crippen molar-refractivity contribution in [2.75, 3.05) is 31.1 Å². The molecule has 0 atom stereocenters. The number of aromatic nitrogens is 1. The van der Waals surface area contributed by atoms with Gasteiger partial charge in [-0.3, -0.25) is 4.98 Å². The number of benzene rings is 1. The summed E-state index contributed by atoms with van der Waals surface area (Å²) in [6.07, 6.45) is 5.06. The van der Waals surface area contributed by atoms with Crippen LogP contribution in [0.15, 0.2) is 54.2 Å². The largest absolute Gasteiger partial charge is 0.369 e. The van der Waals surface area contributed by atoms with Crippen LogP contribution in [0.2, 0.25) is 5.02 Å². The molecule has 0 unspecified atom stereocenters. The van der Waals surface area contributed by atoms with E-state index < -0.39 is 10.0 Å². The summed E-state index contributed by atoms with van der Waals surface area (Å²) in [7, 11) is -3.54. The lowest BCUT2D eigenvalue weighted by Gasteiger charge is -2.35. The maximum Gasteiger partial charge on any atom is 0.246 e. The van der Waals surface area contributed by atoms with Crippen LogP contribution in [0.3, 0.4) is 0 Å². The Morgan fingerprint density at radius 3 is 2.23 bits per heavy atom. The first-order valence-electron chi connectivity index (χ1n) is 7.88. The fraction of sp³-hybridized carbons (Fsp3) is 0.235. The van der Waals surface area contributed by atoms with Gasteiger partial charge in [0.05, 0.1) is 0 Å². The molecule has 1 N–H and O–H groups in total. The number of nitrogens with one attached hydrogen (secondary N) is 1. The monoisotopic (exact) mass is 414 g/mol. The third-order valence-electron chi connectivity index (χ3n) is 3.87. The van der Waals surface area contributed by atoms with Crippen LogP contribution < -0.4 is 9.73 Å². The molecule has 2 heterocycles. The molecule has 9 heteroatoms.